The van der Waals surface area contributed by atoms with Crippen LogP contribution in [0.4, 0.5) is 0 Å². The van der Waals surface area contributed by atoms with Gasteiger partial charge in [0.1, 0.15) is 11.1 Å². The number of hydrogen-bond donors (Lipinski definition) is 0. The van der Waals surface area contributed by atoms with E-state index in [1.165, 1.54) is 0 Å². The molecule has 9 aromatic rings. The predicted octanol–water partition coefficient (Wildman–Crippen LogP) is 9.87. The number of fused-ring (bicyclic) bond motifs is 7. The van der Waals surface area contributed by atoms with Crippen LogP contribution < -0.4 is 0 Å². The van der Waals surface area contributed by atoms with Gasteiger partial charge in [-0.15, -0.1) is 0 Å². The minimum atomic E-state index is 0.542. The van der Waals surface area contributed by atoms with Crippen LogP contribution in [0.15, 0.2) is 150 Å². The van der Waals surface area contributed by atoms with Crippen LogP contribution in [0.25, 0.3) is 83.6 Å². The van der Waals surface area contributed by atoms with Gasteiger partial charge in [0.25, 0.3) is 0 Å². The van der Waals surface area contributed by atoms with Gasteiger partial charge >= 0.3 is 0 Å². The number of rotatable bonds is 4. The Morgan fingerprint density at radius 2 is 1.05 bits per heavy atom. The highest BCUT2D eigenvalue weighted by molar-refractivity contribution is 6.23. The number of furan rings is 1. The fourth-order valence-corrected chi connectivity index (χ4v) is 6.29. The molecule has 0 N–H and O–H groups in total. The SMILES string of the molecule is c1ccc(-c2nc(-c3ccccc3)nc(-n3c4ccccc4c4ccc5c(oc6cccc(-c7ccccc7)c65)c43)n2)cc1. The third-order valence-corrected chi connectivity index (χ3v) is 8.27. The normalized spacial score (nSPS) is 11.6. The van der Waals surface area contributed by atoms with Gasteiger partial charge < -0.3 is 4.42 Å². The molecule has 0 bridgehead atoms. The summed E-state index contributed by atoms with van der Waals surface area (Å²) in [5.41, 5.74) is 7.73. The molecule has 0 aliphatic carbocycles. The molecular weight excluding hydrogens is 540 g/mol. The molecule has 5 heteroatoms. The molecule has 0 amide bonds. The standard InChI is InChI=1S/C39H24N4O/c1-4-13-25(14-5-1)28-20-12-22-33-34(28)31-24-23-30-29-19-10-11-21-32(29)43(35(30)36(31)44-33)39-41-37(26-15-6-2-7-16-26)40-38(42-39)27-17-8-3-9-18-27/h1-24H. The predicted molar refractivity (Wildman–Crippen MR) is 178 cm³/mol. The van der Waals surface area contributed by atoms with Gasteiger partial charge in [0.2, 0.25) is 5.95 Å². The van der Waals surface area contributed by atoms with Crippen LogP contribution >= 0.6 is 0 Å². The Labute approximate surface area is 252 Å². The van der Waals surface area contributed by atoms with Crippen LogP contribution in [0.3, 0.4) is 0 Å². The topological polar surface area (TPSA) is 56.7 Å². The van der Waals surface area contributed by atoms with Crippen molar-refractivity contribution in [2.24, 2.45) is 0 Å². The van der Waals surface area contributed by atoms with Crippen molar-refractivity contribution in [1.29, 1.82) is 0 Å². The van der Waals surface area contributed by atoms with Gasteiger partial charge in [0, 0.05) is 32.7 Å². The summed E-state index contributed by atoms with van der Waals surface area (Å²) >= 11 is 0. The van der Waals surface area contributed by atoms with E-state index in [0.717, 1.165) is 66.0 Å². The zero-order valence-electron chi connectivity index (χ0n) is 23.6. The lowest BCUT2D eigenvalue weighted by atomic mass is 9.99. The van der Waals surface area contributed by atoms with E-state index in [0.29, 0.717) is 17.6 Å². The van der Waals surface area contributed by atoms with Crippen LogP contribution in [0.5, 0.6) is 0 Å². The average molecular weight is 565 g/mol. The van der Waals surface area contributed by atoms with Crippen molar-refractivity contribution in [3.8, 4) is 39.9 Å². The highest BCUT2D eigenvalue weighted by Crippen LogP contribution is 2.42. The van der Waals surface area contributed by atoms with Crippen molar-refractivity contribution in [1.82, 2.24) is 19.5 Å². The molecule has 0 fully saturated rings. The molecule has 0 atom stereocenters. The van der Waals surface area contributed by atoms with Gasteiger partial charge in [-0.25, -0.2) is 4.98 Å². The summed E-state index contributed by atoms with van der Waals surface area (Å²) in [6.07, 6.45) is 0. The van der Waals surface area contributed by atoms with Gasteiger partial charge in [-0.05, 0) is 29.3 Å². The molecule has 9 rings (SSSR count). The summed E-state index contributed by atoms with van der Waals surface area (Å²) in [4.78, 5) is 15.1. The second-order valence-electron chi connectivity index (χ2n) is 10.9. The Balaban J connectivity index is 1.41. The van der Waals surface area contributed by atoms with E-state index in [4.69, 9.17) is 19.4 Å². The highest BCUT2D eigenvalue weighted by atomic mass is 16.3. The van der Waals surface area contributed by atoms with Gasteiger partial charge in [-0.3, -0.25) is 4.57 Å². The third kappa shape index (κ3) is 3.76. The molecule has 0 saturated heterocycles. The Kier molecular flexibility index (Phi) is 5.43. The summed E-state index contributed by atoms with van der Waals surface area (Å²) in [7, 11) is 0. The molecule has 0 unspecified atom stereocenters. The van der Waals surface area contributed by atoms with Crippen molar-refractivity contribution in [3.05, 3.63) is 146 Å². The van der Waals surface area contributed by atoms with E-state index in [1.807, 2.05) is 72.8 Å². The van der Waals surface area contributed by atoms with Gasteiger partial charge in [0.05, 0.1) is 5.52 Å². The zero-order chi connectivity index (χ0) is 29.0. The first-order valence-electron chi connectivity index (χ1n) is 14.6. The van der Waals surface area contributed by atoms with Crippen LogP contribution in [0.2, 0.25) is 0 Å². The molecule has 44 heavy (non-hydrogen) atoms. The maximum absolute atomic E-state index is 6.76. The van der Waals surface area contributed by atoms with Crippen molar-refractivity contribution in [3.63, 3.8) is 0 Å². The second kappa shape index (κ2) is 9.75. The maximum atomic E-state index is 6.76. The van der Waals surface area contributed by atoms with Crippen LogP contribution in [0, 0.1) is 0 Å². The summed E-state index contributed by atoms with van der Waals surface area (Å²) < 4.78 is 8.89. The first-order chi connectivity index (χ1) is 21.8. The Bertz CT molecular complexity index is 2420. The van der Waals surface area contributed by atoms with Gasteiger partial charge in [-0.1, -0.05) is 127 Å². The van der Waals surface area contributed by atoms with E-state index in [9.17, 15) is 0 Å². The molecule has 0 aliphatic rings. The maximum Gasteiger partial charge on any atom is 0.238 e. The van der Waals surface area contributed by atoms with E-state index in [2.05, 4.69) is 77.4 Å². The Morgan fingerprint density at radius 1 is 0.455 bits per heavy atom. The molecule has 0 saturated carbocycles. The molecule has 0 spiro atoms. The van der Waals surface area contributed by atoms with Crippen LogP contribution in [0.1, 0.15) is 0 Å². The van der Waals surface area contributed by atoms with Crippen molar-refractivity contribution < 1.29 is 4.42 Å². The number of para-hydroxylation sites is 1. The minimum absolute atomic E-state index is 0.542. The van der Waals surface area contributed by atoms with E-state index < -0.39 is 0 Å². The van der Waals surface area contributed by atoms with Crippen LogP contribution in [-0.2, 0) is 0 Å². The van der Waals surface area contributed by atoms with E-state index in [-0.39, 0.29) is 0 Å². The van der Waals surface area contributed by atoms with Crippen molar-refractivity contribution in [2.45, 2.75) is 0 Å². The summed E-state index contributed by atoms with van der Waals surface area (Å²) in [6, 6.07) is 49.6. The monoisotopic (exact) mass is 564 g/mol. The van der Waals surface area contributed by atoms with Crippen molar-refractivity contribution >= 4 is 43.7 Å². The van der Waals surface area contributed by atoms with Gasteiger partial charge in [0.15, 0.2) is 17.2 Å². The van der Waals surface area contributed by atoms with Gasteiger partial charge in [-0.2, -0.15) is 9.97 Å². The van der Waals surface area contributed by atoms with E-state index in [1.54, 1.807) is 0 Å². The highest BCUT2D eigenvalue weighted by Gasteiger charge is 2.22. The summed E-state index contributed by atoms with van der Waals surface area (Å²) in [5, 5.41) is 4.34. The molecule has 5 nitrogen and oxygen atoms in total. The molecule has 6 aromatic carbocycles. The molecule has 206 valence electrons. The molecule has 3 heterocycles. The summed E-state index contributed by atoms with van der Waals surface area (Å²) in [6.45, 7) is 0. The minimum Gasteiger partial charge on any atom is -0.454 e. The molecule has 0 aliphatic heterocycles. The number of nitrogens with zero attached hydrogens (tertiary/aromatic N) is 4. The molecule has 3 aromatic heterocycles. The first kappa shape index (κ1) is 24.5. The lowest BCUT2D eigenvalue weighted by Gasteiger charge is -2.11. The number of benzene rings is 6. The van der Waals surface area contributed by atoms with Crippen molar-refractivity contribution in [2.75, 3.05) is 0 Å². The summed E-state index contributed by atoms with van der Waals surface area (Å²) in [5.74, 6) is 1.77. The van der Waals surface area contributed by atoms with Crippen LogP contribution in [-0.4, -0.2) is 19.5 Å². The fourth-order valence-electron chi connectivity index (χ4n) is 6.29. The second-order valence-corrected chi connectivity index (χ2v) is 10.9. The Morgan fingerprint density at radius 3 is 1.73 bits per heavy atom. The third-order valence-electron chi connectivity index (χ3n) is 8.27. The molecular formula is C39H24N4O. The van der Waals surface area contributed by atoms with E-state index >= 15 is 0 Å². The number of aromatic nitrogens is 4. The molecule has 0 radical (unpaired) electrons. The Hall–Kier alpha value is -6.07. The zero-order valence-corrected chi connectivity index (χ0v) is 23.6. The smallest absolute Gasteiger partial charge is 0.238 e. The quantitative estimate of drug-likeness (QED) is 0.213. The largest absolute Gasteiger partial charge is 0.454 e. The number of hydrogen-bond acceptors (Lipinski definition) is 4. The fraction of sp³-hybridized carbons (Fsp3) is 0. The first-order valence-corrected chi connectivity index (χ1v) is 14.6. The average Bonchev–Trinajstić information content (AvgIpc) is 3.65. The lowest BCUT2D eigenvalue weighted by molar-refractivity contribution is 0.671. The lowest BCUT2D eigenvalue weighted by Crippen LogP contribution is -2.06.